The average Bonchev–Trinajstić information content (AvgIpc) is 3.09. The molecule has 1 aliphatic heterocycles. The molecule has 1 saturated heterocycles. The van der Waals surface area contributed by atoms with E-state index >= 15 is 0 Å². The minimum atomic E-state index is -0.193. The van der Waals surface area contributed by atoms with Gasteiger partial charge in [0.15, 0.2) is 0 Å². The minimum Gasteiger partial charge on any atom is -0.497 e. The zero-order chi connectivity index (χ0) is 20.1. The van der Waals surface area contributed by atoms with Crippen molar-refractivity contribution >= 4 is 22.8 Å². The predicted octanol–water partition coefficient (Wildman–Crippen LogP) is 3.55. The molecule has 1 aromatic heterocycles. The highest BCUT2D eigenvalue weighted by Crippen LogP contribution is 2.31. The number of nitrogens with zero attached hydrogens (tertiary/aromatic N) is 1. The number of hydrogen-bond donors (Lipinski definition) is 1. The van der Waals surface area contributed by atoms with Crippen LogP contribution in [0, 0.1) is 11.8 Å². The van der Waals surface area contributed by atoms with Crippen molar-refractivity contribution in [2.24, 2.45) is 11.8 Å². The van der Waals surface area contributed by atoms with Crippen LogP contribution in [0.5, 0.6) is 5.75 Å². The van der Waals surface area contributed by atoms with Crippen molar-refractivity contribution < 1.29 is 19.1 Å². The summed E-state index contributed by atoms with van der Waals surface area (Å²) in [5, 5.41) is 1.16. The number of carbonyl (C=O) groups excluding carboxylic acids is 2. The van der Waals surface area contributed by atoms with E-state index in [9.17, 15) is 9.59 Å². The summed E-state index contributed by atoms with van der Waals surface area (Å²) in [5.41, 5.74) is 2.24. The van der Waals surface area contributed by atoms with Gasteiger partial charge >= 0.3 is 5.97 Å². The van der Waals surface area contributed by atoms with Crippen molar-refractivity contribution in [1.29, 1.82) is 0 Å². The highest BCUT2D eigenvalue weighted by Gasteiger charge is 2.34. The van der Waals surface area contributed by atoms with Crippen LogP contribution in [-0.4, -0.2) is 48.6 Å². The van der Waals surface area contributed by atoms with Gasteiger partial charge < -0.3 is 19.4 Å². The number of aromatic amines is 1. The second-order valence-corrected chi connectivity index (χ2v) is 7.46. The highest BCUT2D eigenvalue weighted by atomic mass is 16.5. The van der Waals surface area contributed by atoms with Gasteiger partial charge in [0, 0.05) is 49.1 Å². The first-order valence-corrected chi connectivity index (χ1v) is 10.1. The highest BCUT2D eigenvalue weighted by molar-refractivity contribution is 5.84. The van der Waals surface area contributed by atoms with Crippen LogP contribution in [0.2, 0.25) is 0 Å². The van der Waals surface area contributed by atoms with Gasteiger partial charge in [0.05, 0.1) is 13.7 Å². The van der Waals surface area contributed by atoms with Gasteiger partial charge in [-0.2, -0.15) is 0 Å². The molecule has 1 aliphatic rings. The number of H-pyrrole nitrogens is 1. The second kappa shape index (κ2) is 9.13. The molecule has 3 rings (SSSR count). The Labute approximate surface area is 166 Å². The Bertz CT molecular complexity index is 829. The molecule has 6 heteroatoms. The summed E-state index contributed by atoms with van der Waals surface area (Å²) in [4.78, 5) is 29.8. The fraction of sp³-hybridized carbons (Fsp3) is 0.545. The third-order valence-corrected chi connectivity index (χ3v) is 5.80. The summed E-state index contributed by atoms with van der Waals surface area (Å²) in [6.07, 6.45) is 4.55. The Morgan fingerprint density at radius 1 is 1.29 bits per heavy atom. The smallest absolute Gasteiger partial charge is 0.306 e. The van der Waals surface area contributed by atoms with E-state index in [0.29, 0.717) is 31.9 Å². The van der Waals surface area contributed by atoms with Crippen molar-refractivity contribution in [3.8, 4) is 5.75 Å². The monoisotopic (exact) mass is 386 g/mol. The standard InChI is InChI=1S/C22H30N2O4/c1-4-15-14-24(21(25)10-17(15)11-22(26)28-5-2)9-8-16-13-23-20-12-18(27-3)6-7-19(16)20/h6-7,12-13,15,17,23H,4-5,8-11,14H2,1-3H3/t15-,17+/m0/s1. The Kier molecular flexibility index (Phi) is 6.60. The van der Waals surface area contributed by atoms with Crippen LogP contribution < -0.4 is 4.74 Å². The summed E-state index contributed by atoms with van der Waals surface area (Å²) in [5.74, 6) is 1.20. The van der Waals surface area contributed by atoms with E-state index in [1.807, 2.05) is 30.2 Å². The Morgan fingerprint density at radius 3 is 2.82 bits per heavy atom. The van der Waals surface area contributed by atoms with Gasteiger partial charge in [-0.15, -0.1) is 0 Å². The summed E-state index contributed by atoms with van der Waals surface area (Å²) >= 11 is 0. The molecule has 6 nitrogen and oxygen atoms in total. The van der Waals surface area contributed by atoms with Gasteiger partial charge in [0.25, 0.3) is 0 Å². The van der Waals surface area contributed by atoms with E-state index in [1.54, 1.807) is 7.11 Å². The van der Waals surface area contributed by atoms with E-state index < -0.39 is 0 Å². The average molecular weight is 386 g/mol. The number of amides is 1. The first-order chi connectivity index (χ1) is 13.5. The van der Waals surface area contributed by atoms with Crippen LogP contribution in [0.25, 0.3) is 10.9 Å². The van der Waals surface area contributed by atoms with E-state index in [1.165, 1.54) is 5.56 Å². The summed E-state index contributed by atoms with van der Waals surface area (Å²) in [6, 6.07) is 6.00. The van der Waals surface area contributed by atoms with E-state index in [0.717, 1.165) is 36.0 Å². The fourth-order valence-electron chi connectivity index (χ4n) is 4.16. The molecule has 1 fully saturated rings. The topological polar surface area (TPSA) is 71.6 Å². The maximum Gasteiger partial charge on any atom is 0.306 e. The molecule has 1 amide bonds. The van der Waals surface area contributed by atoms with Gasteiger partial charge in [-0.05, 0) is 42.9 Å². The molecular weight excluding hydrogens is 356 g/mol. The maximum absolute atomic E-state index is 12.7. The maximum atomic E-state index is 12.7. The molecule has 1 aromatic carbocycles. The van der Waals surface area contributed by atoms with E-state index in [-0.39, 0.29) is 17.8 Å². The molecule has 28 heavy (non-hydrogen) atoms. The summed E-state index contributed by atoms with van der Waals surface area (Å²) in [6.45, 7) is 5.74. The number of methoxy groups -OCH3 is 1. The molecule has 0 saturated carbocycles. The third kappa shape index (κ3) is 4.49. The summed E-state index contributed by atoms with van der Waals surface area (Å²) < 4.78 is 10.3. The third-order valence-electron chi connectivity index (χ3n) is 5.80. The number of fused-ring (bicyclic) bond motifs is 1. The number of aromatic nitrogens is 1. The molecule has 0 unspecified atom stereocenters. The largest absolute Gasteiger partial charge is 0.497 e. The minimum absolute atomic E-state index is 0.0911. The van der Waals surface area contributed by atoms with Crippen molar-refractivity contribution in [2.45, 2.75) is 39.5 Å². The van der Waals surface area contributed by atoms with Gasteiger partial charge in [-0.25, -0.2) is 0 Å². The van der Waals surface area contributed by atoms with Crippen LogP contribution in [0.15, 0.2) is 24.4 Å². The lowest BCUT2D eigenvalue weighted by Crippen LogP contribution is -2.45. The van der Waals surface area contributed by atoms with Gasteiger partial charge in [0.2, 0.25) is 5.91 Å². The zero-order valence-electron chi connectivity index (χ0n) is 17.0. The predicted molar refractivity (Wildman–Crippen MR) is 108 cm³/mol. The number of hydrogen-bond acceptors (Lipinski definition) is 4. The molecule has 0 bridgehead atoms. The lowest BCUT2D eigenvalue weighted by atomic mass is 9.81. The lowest BCUT2D eigenvalue weighted by molar-refractivity contribution is -0.147. The quantitative estimate of drug-likeness (QED) is 0.705. The second-order valence-electron chi connectivity index (χ2n) is 7.46. The van der Waals surface area contributed by atoms with Gasteiger partial charge in [-0.1, -0.05) is 13.3 Å². The van der Waals surface area contributed by atoms with Crippen LogP contribution in [-0.2, 0) is 20.7 Å². The molecule has 2 heterocycles. The molecule has 0 spiro atoms. The van der Waals surface area contributed by atoms with Crippen LogP contribution in [0.1, 0.15) is 38.7 Å². The normalized spacial score (nSPS) is 19.8. The Balaban J connectivity index is 1.62. The molecule has 0 aliphatic carbocycles. The van der Waals surface area contributed by atoms with Crippen LogP contribution in [0.4, 0.5) is 0 Å². The molecule has 0 radical (unpaired) electrons. The van der Waals surface area contributed by atoms with Crippen molar-refractivity contribution in [2.75, 3.05) is 26.8 Å². The van der Waals surface area contributed by atoms with Gasteiger partial charge in [0.1, 0.15) is 5.75 Å². The molecule has 1 N–H and O–H groups in total. The van der Waals surface area contributed by atoms with E-state index in [4.69, 9.17) is 9.47 Å². The Morgan fingerprint density at radius 2 is 2.11 bits per heavy atom. The Hall–Kier alpha value is -2.50. The number of likely N-dealkylation sites (tertiary alicyclic amines) is 1. The lowest BCUT2D eigenvalue weighted by Gasteiger charge is -2.37. The molecule has 2 aromatic rings. The van der Waals surface area contributed by atoms with Gasteiger partial charge in [-0.3, -0.25) is 9.59 Å². The van der Waals surface area contributed by atoms with Crippen molar-refractivity contribution in [3.63, 3.8) is 0 Å². The number of piperidine rings is 1. The van der Waals surface area contributed by atoms with Crippen LogP contribution in [0.3, 0.4) is 0 Å². The number of rotatable bonds is 8. The fourth-order valence-corrected chi connectivity index (χ4v) is 4.16. The molecule has 152 valence electrons. The van der Waals surface area contributed by atoms with Crippen LogP contribution >= 0.6 is 0 Å². The van der Waals surface area contributed by atoms with Crippen molar-refractivity contribution in [3.05, 3.63) is 30.0 Å². The summed E-state index contributed by atoms with van der Waals surface area (Å²) in [7, 11) is 1.66. The van der Waals surface area contributed by atoms with E-state index in [2.05, 4.69) is 18.0 Å². The SMILES string of the molecule is CCOC(=O)C[C@H]1CC(=O)N(CCc2c[nH]c3cc(OC)ccc23)C[C@@H]1CC. The number of esters is 1. The van der Waals surface area contributed by atoms with Crippen molar-refractivity contribution in [1.82, 2.24) is 9.88 Å². The zero-order valence-corrected chi connectivity index (χ0v) is 17.0. The number of ether oxygens (including phenoxy) is 2. The molecular formula is C22H30N2O4. The first kappa shape index (κ1) is 20.2. The molecule has 2 atom stereocenters. The number of benzene rings is 1. The number of nitrogens with one attached hydrogen (secondary N) is 1. The first-order valence-electron chi connectivity index (χ1n) is 10.1. The number of carbonyl (C=O) groups is 2.